The van der Waals surface area contributed by atoms with Crippen LogP contribution < -0.4 is 15.1 Å². The minimum Gasteiger partial charge on any atom is -0.376 e. The molecule has 0 unspecified atom stereocenters. The van der Waals surface area contributed by atoms with E-state index in [9.17, 15) is 4.79 Å². The van der Waals surface area contributed by atoms with Crippen LogP contribution >= 0.6 is 0 Å². The summed E-state index contributed by atoms with van der Waals surface area (Å²) in [6.45, 7) is 4.03. The summed E-state index contributed by atoms with van der Waals surface area (Å²) < 4.78 is 0. The number of amides is 1. The SMILES string of the molecule is Cc1n[nH]c(C)c1NC(=O)CN(C)c1ccccc1N(C)C. The number of hydrogen-bond acceptors (Lipinski definition) is 4. The molecule has 118 valence electrons. The van der Waals surface area contributed by atoms with Crippen molar-refractivity contribution in [2.24, 2.45) is 0 Å². The average Bonchev–Trinajstić information content (AvgIpc) is 2.79. The highest BCUT2D eigenvalue weighted by Crippen LogP contribution is 2.26. The predicted molar refractivity (Wildman–Crippen MR) is 90.7 cm³/mol. The Bertz CT molecular complexity index is 643. The minimum atomic E-state index is -0.0661. The molecule has 0 saturated carbocycles. The number of carbonyl (C=O) groups is 1. The van der Waals surface area contributed by atoms with Crippen molar-refractivity contribution in [2.45, 2.75) is 13.8 Å². The molecule has 0 atom stereocenters. The van der Waals surface area contributed by atoms with E-state index in [4.69, 9.17) is 0 Å². The van der Waals surface area contributed by atoms with Crippen LogP contribution in [0, 0.1) is 13.8 Å². The van der Waals surface area contributed by atoms with Gasteiger partial charge in [0, 0.05) is 21.1 Å². The summed E-state index contributed by atoms with van der Waals surface area (Å²) in [5.41, 5.74) is 4.51. The molecule has 1 aromatic heterocycles. The lowest BCUT2D eigenvalue weighted by Crippen LogP contribution is -2.31. The number of aryl methyl sites for hydroxylation is 2. The van der Waals surface area contributed by atoms with Crippen molar-refractivity contribution in [1.29, 1.82) is 0 Å². The third-order valence-electron chi connectivity index (χ3n) is 3.55. The number of H-pyrrole nitrogens is 1. The second-order valence-electron chi connectivity index (χ2n) is 5.60. The molecule has 0 aliphatic carbocycles. The van der Waals surface area contributed by atoms with Crippen LogP contribution in [0.3, 0.4) is 0 Å². The first kappa shape index (κ1) is 15.9. The van der Waals surface area contributed by atoms with Crippen molar-refractivity contribution in [3.8, 4) is 0 Å². The highest BCUT2D eigenvalue weighted by atomic mass is 16.2. The Labute approximate surface area is 131 Å². The maximum absolute atomic E-state index is 12.3. The van der Waals surface area contributed by atoms with Gasteiger partial charge in [-0.05, 0) is 26.0 Å². The Morgan fingerprint density at radius 1 is 1.18 bits per heavy atom. The van der Waals surface area contributed by atoms with E-state index in [0.29, 0.717) is 0 Å². The minimum absolute atomic E-state index is 0.0661. The number of aromatic amines is 1. The van der Waals surface area contributed by atoms with Gasteiger partial charge in [0.15, 0.2) is 0 Å². The van der Waals surface area contributed by atoms with Crippen molar-refractivity contribution < 1.29 is 4.79 Å². The Balaban J connectivity index is 2.09. The highest BCUT2D eigenvalue weighted by Gasteiger charge is 2.14. The molecule has 2 aromatic rings. The van der Waals surface area contributed by atoms with Crippen LogP contribution in [-0.4, -0.2) is 43.8 Å². The molecule has 1 heterocycles. The van der Waals surface area contributed by atoms with Crippen LogP contribution in [0.1, 0.15) is 11.4 Å². The van der Waals surface area contributed by atoms with E-state index in [1.165, 1.54) is 0 Å². The maximum atomic E-state index is 12.3. The number of para-hydroxylation sites is 2. The van der Waals surface area contributed by atoms with Gasteiger partial charge in [0.25, 0.3) is 0 Å². The molecule has 0 fully saturated rings. The van der Waals surface area contributed by atoms with Crippen molar-refractivity contribution >= 4 is 23.0 Å². The van der Waals surface area contributed by atoms with E-state index in [-0.39, 0.29) is 12.5 Å². The van der Waals surface area contributed by atoms with E-state index in [2.05, 4.69) is 15.5 Å². The Hall–Kier alpha value is -2.50. The maximum Gasteiger partial charge on any atom is 0.243 e. The molecule has 6 heteroatoms. The Morgan fingerprint density at radius 2 is 1.82 bits per heavy atom. The smallest absolute Gasteiger partial charge is 0.243 e. The first-order valence-electron chi connectivity index (χ1n) is 7.19. The molecule has 2 rings (SSSR count). The quantitative estimate of drug-likeness (QED) is 0.888. The van der Waals surface area contributed by atoms with Gasteiger partial charge in [0.05, 0.1) is 35.0 Å². The van der Waals surface area contributed by atoms with E-state index in [1.54, 1.807) is 0 Å². The first-order valence-corrected chi connectivity index (χ1v) is 7.19. The van der Waals surface area contributed by atoms with E-state index in [1.807, 2.05) is 69.1 Å². The lowest BCUT2D eigenvalue weighted by molar-refractivity contribution is -0.114. The molecule has 0 saturated heterocycles. The van der Waals surface area contributed by atoms with Crippen LogP contribution in [0.5, 0.6) is 0 Å². The van der Waals surface area contributed by atoms with Crippen LogP contribution in [-0.2, 0) is 4.79 Å². The topological polar surface area (TPSA) is 64.3 Å². The summed E-state index contributed by atoms with van der Waals surface area (Å²) in [5, 5.41) is 9.87. The Morgan fingerprint density at radius 3 is 2.36 bits per heavy atom. The number of nitrogens with one attached hydrogen (secondary N) is 2. The van der Waals surface area contributed by atoms with Gasteiger partial charge >= 0.3 is 0 Å². The molecule has 0 spiro atoms. The molecule has 1 amide bonds. The molecule has 0 bridgehead atoms. The largest absolute Gasteiger partial charge is 0.376 e. The zero-order valence-corrected chi connectivity index (χ0v) is 13.8. The van der Waals surface area contributed by atoms with Crippen molar-refractivity contribution in [3.63, 3.8) is 0 Å². The second-order valence-corrected chi connectivity index (χ2v) is 5.60. The number of rotatable bonds is 5. The summed E-state index contributed by atoms with van der Waals surface area (Å²) in [5.74, 6) is -0.0661. The number of carbonyl (C=O) groups excluding carboxylic acids is 1. The normalized spacial score (nSPS) is 10.4. The molecular formula is C16H23N5O. The number of aromatic nitrogens is 2. The fourth-order valence-corrected chi connectivity index (χ4v) is 2.38. The average molecular weight is 301 g/mol. The van der Waals surface area contributed by atoms with Crippen LogP contribution in [0.4, 0.5) is 17.1 Å². The fourth-order valence-electron chi connectivity index (χ4n) is 2.38. The van der Waals surface area contributed by atoms with Gasteiger partial charge < -0.3 is 15.1 Å². The van der Waals surface area contributed by atoms with Gasteiger partial charge in [-0.25, -0.2) is 0 Å². The number of benzene rings is 1. The zero-order chi connectivity index (χ0) is 16.3. The summed E-state index contributed by atoms with van der Waals surface area (Å²) in [4.78, 5) is 16.2. The standard InChI is InChI=1S/C16H23N5O/c1-11-16(12(2)19-18-11)17-15(22)10-21(5)14-9-7-6-8-13(14)20(3)4/h6-9H,10H2,1-5H3,(H,17,22)(H,18,19). The van der Waals surface area contributed by atoms with Gasteiger partial charge in [0.2, 0.25) is 5.91 Å². The number of likely N-dealkylation sites (N-methyl/N-ethyl adjacent to an activating group) is 1. The van der Waals surface area contributed by atoms with Crippen LogP contribution in [0.2, 0.25) is 0 Å². The molecule has 6 nitrogen and oxygen atoms in total. The molecule has 2 N–H and O–H groups in total. The Kier molecular flexibility index (Phi) is 4.70. The van der Waals surface area contributed by atoms with Gasteiger partial charge in [-0.15, -0.1) is 0 Å². The molecule has 0 radical (unpaired) electrons. The van der Waals surface area contributed by atoms with Gasteiger partial charge in [-0.3, -0.25) is 9.89 Å². The molecular weight excluding hydrogens is 278 g/mol. The summed E-state index contributed by atoms with van der Waals surface area (Å²) in [7, 11) is 5.90. The van der Waals surface area contributed by atoms with Gasteiger partial charge in [-0.2, -0.15) is 5.10 Å². The van der Waals surface area contributed by atoms with Crippen LogP contribution in [0.15, 0.2) is 24.3 Å². The van der Waals surface area contributed by atoms with Crippen LogP contribution in [0.25, 0.3) is 0 Å². The van der Waals surface area contributed by atoms with Crippen molar-refractivity contribution in [2.75, 3.05) is 42.8 Å². The molecule has 0 aliphatic rings. The molecule has 1 aromatic carbocycles. The van der Waals surface area contributed by atoms with E-state index < -0.39 is 0 Å². The third-order valence-corrected chi connectivity index (χ3v) is 3.55. The summed E-state index contributed by atoms with van der Waals surface area (Å²) >= 11 is 0. The number of nitrogens with zero attached hydrogens (tertiary/aromatic N) is 3. The monoisotopic (exact) mass is 301 g/mol. The summed E-state index contributed by atoms with van der Waals surface area (Å²) in [6, 6.07) is 8.01. The van der Waals surface area contributed by atoms with E-state index >= 15 is 0 Å². The van der Waals surface area contributed by atoms with E-state index in [0.717, 1.165) is 28.5 Å². The van der Waals surface area contributed by atoms with Gasteiger partial charge in [-0.1, -0.05) is 12.1 Å². The third kappa shape index (κ3) is 3.39. The lowest BCUT2D eigenvalue weighted by Gasteiger charge is -2.25. The molecule has 22 heavy (non-hydrogen) atoms. The summed E-state index contributed by atoms with van der Waals surface area (Å²) in [6.07, 6.45) is 0. The highest BCUT2D eigenvalue weighted by molar-refractivity contribution is 5.95. The number of hydrogen-bond donors (Lipinski definition) is 2. The first-order chi connectivity index (χ1) is 10.4. The molecule has 0 aliphatic heterocycles. The van der Waals surface area contributed by atoms with Crippen molar-refractivity contribution in [3.05, 3.63) is 35.7 Å². The van der Waals surface area contributed by atoms with Gasteiger partial charge in [0.1, 0.15) is 0 Å². The fraction of sp³-hybridized carbons (Fsp3) is 0.375. The second kappa shape index (κ2) is 6.51. The lowest BCUT2D eigenvalue weighted by atomic mass is 10.2. The van der Waals surface area contributed by atoms with Crippen molar-refractivity contribution in [1.82, 2.24) is 10.2 Å². The zero-order valence-electron chi connectivity index (χ0n) is 13.8. The predicted octanol–water partition coefficient (Wildman–Crippen LogP) is 2.17. The number of anilines is 3.